The first kappa shape index (κ1) is 13.1. The van der Waals surface area contributed by atoms with Crippen molar-refractivity contribution in [2.75, 3.05) is 5.32 Å². The summed E-state index contributed by atoms with van der Waals surface area (Å²) in [5.41, 5.74) is 5.18. The maximum Gasteiger partial charge on any atom is 0.338 e. The highest BCUT2D eigenvalue weighted by molar-refractivity contribution is 5.94. The first-order valence-electron chi connectivity index (χ1n) is 4.98. The van der Waals surface area contributed by atoms with Crippen molar-refractivity contribution in [3.63, 3.8) is 0 Å². The number of hydrogen-bond acceptors (Lipinski definition) is 3. The maximum atomic E-state index is 13.1. The highest BCUT2D eigenvalue weighted by Crippen LogP contribution is 2.15. The van der Waals surface area contributed by atoms with Crippen molar-refractivity contribution >= 4 is 17.6 Å². The van der Waals surface area contributed by atoms with E-state index in [1.807, 2.05) is 0 Å². The summed E-state index contributed by atoms with van der Waals surface area (Å²) in [6.45, 7) is 1.67. The zero-order chi connectivity index (χ0) is 13.0. The van der Waals surface area contributed by atoms with Gasteiger partial charge in [0.25, 0.3) is 0 Å². The van der Waals surface area contributed by atoms with Gasteiger partial charge in [-0.25, -0.2) is 9.18 Å². The molecule has 1 atom stereocenters. The number of carbonyl (C=O) groups is 2. The molecular weight excluding hydrogens is 227 g/mol. The Labute approximate surface area is 97.4 Å². The Morgan fingerprint density at radius 1 is 1.53 bits per heavy atom. The lowest BCUT2D eigenvalue weighted by Crippen LogP contribution is -2.24. The van der Waals surface area contributed by atoms with Crippen LogP contribution in [0, 0.1) is 5.82 Å². The van der Waals surface area contributed by atoms with E-state index in [0.29, 0.717) is 0 Å². The molecule has 92 valence electrons. The molecule has 0 spiro atoms. The van der Waals surface area contributed by atoms with E-state index in [1.165, 1.54) is 6.07 Å². The standard InChI is InChI=1S/C11H13FN2O3/c1-6(13)4-10(15)14-7-2-3-9(12)8(5-7)11(16)17/h2-3,5-6H,4,13H2,1H3,(H,14,15)(H,16,17). The van der Waals surface area contributed by atoms with E-state index in [4.69, 9.17) is 10.8 Å². The summed E-state index contributed by atoms with van der Waals surface area (Å²) >= 11 is 0. The van der Waals surface area contributed by atoms with Crippen LogP contribution >= 0.6 is 0 Å². The average Bonchev–Trinajstić information content (AvgIpc) is 2.19. The third kappa shape index (κ3) is 3.84. The molecular formula is C11H13FN2O3. The number of carboxylic acid groups (broad SMARTS) is 1. The second kappa shape index (κ2) is 5.40. The van der Waals surface area contributed by atoms with Gasteiger partial charge < -0.3 is 16.2 Å². The lowest BCUT2D eigenvalue weighted by Gasteiger charge is -2.08. The van der Waals surface area contributed by atoms with E-state index < -0.39 is 17.3 Å². The smallest absolute Gasteiger partial charge is 0.338 e. The van der Waals surface area contributed by atoms with Gasteiger partial charge in [0, 0.05) is 18.2 Å². The molecule has 1 aromatic rings. The SMILES string of the molecule is CC(N)CC(=O)Nc1ccc(F)c(C(=O)O)c1. The fourth-order valence-corrected chi connectivity index (χ4v) is 1.27. The number of hydrogen-bond donors (Lipinski definition) is 3. The van der Waals surface area contributed by atoms with Crippen molar-refractivity contribution in [1.82, 2.24) is 0 Å². The molecule has 0 aromatic heterocycles. The Hall–Kier alpha value is -1.95. The van der Waals surface area contributed by atoms with Crippen molar-refractivity contribution in [3.8, 4) is 0 Å². The zero-order valence-corrected chi connectivity index (χ0v) is 9.24. The Bertz CT molecular complexity index is 446. The molecule has 1 amide bonds. The minimum atomic E-state index is -1.38. The molecule has 0 aliphatic heterocycles. The first-order chi connectivity index (χ1) is 7.90. The number of nitrogens with one attached hydrogen (secondary N) is 1. The summed E-state index contributed by atoms with van der Waals surface area (Å²) in [6, 6.07) is 3.05. The second-order valence-corrected chi connectivity index (χ2v) is 3.73. The minimum absolute atomic E-state index is 0.111. The highest BCUT2D eigenvalue weighted by atomic mass is 19.1. The molecule has 1 aromatic carbocycles. The Morgan fingerprint density at radius 3 is 2.71 bits per heavy atom. The van der Waals surface area contributed by atoms with Crippen LogP contribution in [-0.2, 0) is 4.79 Å². The number of amides is 1. The molecule has 0 radical (unpaired) electrons. The summed E-state index contributed by atoms with van der Waals surface area (Å²) < 4.78 is 13.1. The van der Waals surface area contributed by atoms with Gasteiger partial charge in [0.15, 0.2) is 0 Å². The molecule has 1 rings (SSSR count). The molecule has 0 bridgehead atoms. The van der Waals surface area contributed by atoms with E-state index in [1.54, 1.807) is 6.92 Å². The van der Waals surface area contributed by atoms with Crippen LogP contribution in [0.2, 0.25) is 0 Å². The molecule has 1 unspecified atom stereocenters. The number of carboxylic acids is 1. The normalized spacial score (nSPS) is 11.9. The van der Waals surface area contributed by atoms with Gasteiger partial charge in [-0.15, -0.1) is 0 Å². The number of carbonyl (C=O) groups excluding carboxylic acids is 1. The van der Waals surface area contributed by atoms with Gasteiger partial charge in [-0.3, -0.25) is 4.79 Å². The van der Waals surface area contributed by atoms with E-state index in [2.05, 4.69) is 5.32 Å². The number of benzene rings is 1. The minimum Gasteiger partial charge on any atom is -0.478 e. The largest absolute Gasteiger partial charge is 0.478 e. The number of halogens is 1. The summed E-state index contributed by atoms with van der Waals surface area (Å²) in [4.78, 5) is 22.0. The van der Waals surface area contributed by atoms with Gasteiger partial charge in [0.2, 0.25) is 5.91 Å². The fourth-order valence-electron chi connectivity index (χ4n) is 1.27. The molecule has 0 saturated heterocycles. The molecule has 4 N–H and O–H groups in total. The summed E-state index contributed by atoms with van der Waals surface area (Å²) in [5, 5.41) is 11.1. The predicted molar refractivity (Wildman–Crippen MR) is 60.3 cm³/mol. The Balaban J connectivity index is 2.82. The van der Waals surface area contributed by atoms with Gasteiger partial charge in [0.05, 0.1) is 5.56 Å². The third-order valence-corrected chi connectivity index (χ3v) is 1.99. The first-order valence-corrected chi connectivity index (χ1v) is 4.98. The number of anilines is 1. The average molecular weight is 240 g/mol. The van der Waals surface area contributed by atoms with Gasteiger partial charge in [-0.1, -0.05) is 0 Å². The van der Waals surface area contributed by atoms with Crippen LogP contribution in [0.5, 0.6) is 0 Å². The third-order valence-electron chi connectivity index (χ3n) is 1.99. The number of nitrogens with two attached hydrogens (primary N) is 1. The van der Waals surface area contributed by atoms with Crippen molar-refractivity contribution in [2.45, 2.75) is 19.4 Å². The zero-order valence-electron chi connectivity index (χ0n) is 9.24. The van der Waals surface area contributed by atoms with E-state index in [0.717, 1.165) is 12.1 Å². The predicted octanol–water partition coefficient (Wildman–Crippen LogP) is 1.20. The van der Waals surface area contributed by atoms with Crippen LogP contribution in [0.25, 0.3) is 0 Å². The molecule has 6 heteroatoms. The molecule has 0 fully saturated rings. The number of aromatic carboxylic acids is 1. The van der Waals surface area contributed by atoms with Gasteiger partial charge in [-0.2, -0.15) is 0 Å². The van der Waals surface area contributed by atoms with Crippen LogP contribution in [0.15, 0.2) is 18.2 Å². The Morgan fingerprint density at radius 2 is 2.18 bits per heavy atom. The van der Waals surface area contributed by atoms with Crippen LogP contribution < -0.4 is 11.1 Å². The van der Waals surface area contributed by atoms with Gasteiger partial charge in [0.1, 0.15) is 5.82 Å². The quantitative estimate of drug-likeness (QED) is 0.737. The second-order valence-electron chi connectivity index (χ2n) is 3.73. The summed E-state index contributed by atoms with van der Waals surface area (Å²) in [6.07, 6.45) is 0.111. The molecule has 17 heavy (non-hydrogen) atoms. The van der Waals surface area contributed by atoms with Crippen LogP contribution in [-0.4, -0.2) is 23.0 Å². The summed E-state index contributed by atoms with van der Waals surface area (Å²) in [5.74, 6) is -2.57. The van der Waals surface area contributed by atoms with Crippen LogP contribution in [0.4, 0.5) is 10.1 Å². The number of rotatable bonds is 4. The van der Waals surface area contributed by atoms with Crippen LogP contribution in [0.3, 0.4) is 0 Å². The summed E-state index contributed by atoms with van der Waals surface area (Å²) in [7, 11) is 0. The van der Waals surface area contributed by atoms with Gasteiger partial charge >= 0.3 is 5.97 Å². The fraction of sp³-hybridized carbons (Fsp3) is 0.273. The van der Waals surface area contributed by atoms with E-state index in [-0.39, 0.29) is 24.1 Å². The molecule has 0 saturated carbocycles. The van der Waals surface area contributed by atoms with Crippen molar-refractivity contribution in [2.24, 2.45) is 5.73 Å². The lowest BCUT2D eigenvalue weighted by atomic mass is 10.1. The maximum absolute atomic E-state index is 13.1. The van der Waals surface area contributed by atoms with Crippen molar-refractivity contribution in [1.29, 1.82) is 0 Å². The molecule has 0 heterocycles. The monoisotopic (exact) mass is 240 g/mol. The van der Waals surface area contributed by atoms with Crippen molar-refractivity contribution < 1.29 is 19.1 Å². The highest BCUT2D eigenvalue weighted by Gasteiger charge is 2.12. The molecule has 0 aliphatic carbocycles. The van der Waals surface area contributed by atoms with Crippen molar-refractivity contribution in [3.05, 3.63) is 29.6 Å². The van der Waals surface area contributed by atoms with Gasteiger partial charge in [-0.05, 0) is 25.1 Å². The Kier molecular flexibility index (Phi) is 4.17. The lowest BCUT2D eigenvalue weighted by molar-refractivity contribution is -0.116. The topological polar surface area (TPSA) is 92.4 Å². The van der Waals surface area contributed by atoms with E-state index in [9.17, 15) is 14.0 Å². The van der Waals surface area contributed by atoms with E-state index >= 15 is 0 Å². The molecule has 0 aliphatic rings. The van der Waals surface area contributed by atoms with Crippen LogP contribution in [0.1, 0.15) is 23.7 Å². The molecule has 5 nitrogen and oxygen atoms in total.